The maximum Gasteiger partial charge on any atom is 0.274 e. The van der Waals surface area contributed by atoms with Crippen LogP contribution in [0, 0.1) is 0 Å². The lowest BCUT2D eigenvalue weighted by Crippen LogP contribution is -2.50. The van der Waals surface area contributed by atoms with Crippen LogP contribution in [0.4, 0.5) is 0 Å². The largest absolute Gasteiger partial charge is 0.381 e. The molecule has 0 aliphatic carbocycles. The third kappa shape index (κ3) is 3.28. The average Bonchev–Trinajstić information content (AvgIpc) is 3.00. The van der Waals surface area contributed by atoms with Gasteiger partial charge in [0.2, 0.25) is 0 Å². The van der Waals surface area contributed by atoms with Crippen molar-refractivity contribution in [3.05, 3.63) is 17.5 Å². The smallest absolute Gasteiger partial charge is 0.274 e. The highest BCUT2D eigenvalue weighted by atomic mass is 16.5. The number of nitrogens with one attached hydrogen (secondary N) is 1. The molecule has 1 spiro atoms. The number of rotatable bonds is 2. The number of amides is 1. The number of aromatic nitrogens is 2. The van der Waals surface area contributed by atoms with Crippen molar-refractivity contribution < 1.29 is 9.53 Å². The lowest BCUT2D eigenvalue weighted by atomic mass is 9.85. The Bertz CT molecular complexity index is 549. The average molecular weight is 320 g/mol. The first kappa shape index (κ1) is 16.5. The van der Waals surface area contributed by atoms with E-state index in [0.29, 0.717) is 11.6 Å². The molecule has 1 aromatic heterocycles. The molecule has 3 rings (SSSR count). The summed E-state index contributed by atoms with van der Waals surface area (Å²) in [5.41, 5.74) is 1.75. The van der Waals surface area contributed by atoms with Crippen molar-refractivity contribution >= 4 is 5.91 Å². The molecule has 2 aliphatic heterocycles. The van der Waals surface area contributed by atoms with E-state index in [2.05, 4.69) is 36.0 Å². The summed E-state index contributed by atoms with van der Waals surface area (Å²) < 4.78 is 5.53. The summed E-state index contributed by atoms with van der Waals surface area (Å²) >= 11 is 0. The van der Waals surface area contributed by atoms with Crippen molar-refractivity contribution in [2.75, 3.05) is 39.9 Å². The van der Waals surface area contributed by atoms with Crippen LogP contribution in [-0.4, -0.2) is 71.3 Å². The maximum absolute atomic E-state index is 12.8. The minimum atomic E-state index is 0.0469. The van der Waals surface area contributed by atoms with Gasteiger partial charge in [-0.15, -0.1) is 0 Å². The zero-order chi connectivity index (χ0) is 16.4. The lowest BCUT2D eigenvalue weighted by Gasteiger charge is -2.43. The summed E-state index contributed by atoms with van der Waals surface area (Å²) in [6.07, 6.45) is 3.14. The van der Waals surface area contributed by atoms with Crippen LogP contribution in [0.5, 0.6) is 0 Å². The summed E-state index contributed by atoms with van der Waals surface area (Å²) in [5.74, 6) is 0.399. The fourth-order valence-electron chi connectivity index (χ4n) is 3.64. The van der Waals surface area contributed by atoms with Crippen molar-refractivity contribution in [3.63, 3.8) is 0 Å². The highest BCUT2D eigenvalue weighted by Crippen LogP contribution is 2.32. The predicted octanol–water partition coefficient (Wildman–Crippen LogP) is 1.86. The standard InChI is InChI=1S/C17H28N4O2/c1-13(2)14-12-15(19-18-14)16(22)21-7-4-17(20(3)8-9-21)5-10-23-11-6-17/h12-13H,4-11H2,1-3H3,(H,18,19). The molecule has 3 heterocycles. The molecular weight excluding hydrogens is 292 g/mol. The molecule has 2 fully saturated rings. The quantitative estimate of drug-likeness (QED) is 0.903. The van der Waals surface area contributed by atoms with Gasteiger partial charge in [0.15, 0.2) is 0 Å². The molecule has 0 radical (unpaired) electrons. The van der Waals surface area contributed by atoms with Crippen molar-refractivity contribution in [3.8, 4) is 0 Å². The van der Waals surface area contributed by atoms with Gasteiger partial charge in [-0.25, -0.2) is 0 Å². The number of carbonyl (C=O) groups excluding carboxylic acids is 1. The minimum Gasteiger partial charge on any atom is -0.381 e. The molecule has 128 valence electrons. The third-order valence-electron chi connectivity index (χ3n) is 5.51. The summed E-state index contributed by atoms with van der Waals surface area (Å²) in [4.78, 5) is 17.2. The summed E-state index contributed by atoms with van der Waals surface area (Å²) in [6.45, 7) is 8.32. The molecular formula is C17H28N4O2. The molecule has 0 atom stereocenters. The van der Waals surface area contributed by atoms with Crippen LogP contribution < -0.4 is 0 Å². The van der Waals surface area contributed by atoms with Crippen LogP contribution in [0.1, 0.15) is 55.2 Å². The SMILES string of the molecule is CC(C)c1cc(C(=O)N2CCN(C)C3(CCOCC3)CC2)n[nH]1. The van der Waals surface area contributed by atoms with E-state index in [4.69, 9.17) is 4.74 Å². The first-order valence-corrected chi connectivity index (χ1v) is 8.65. The number of hydrogen-bond donors (Lipinski definition) is 1. The van der Waals surface area contributed by atoms with Crippen molar-refractivity contribution in [2.24, 2.45) is 0 Å². The van der Waals surface area contributed by atoms with Crippen molar-refractivity contribution in [2.45, 2.75) is 44.6 Å². The molecule has 2 saturated heterocycles. The molecule has 23 heavy (non-hydrogen) atoms. The third-order valence-corrected chi connectivity index (χ3v) is 5.51. The minimum absolute atomic E-state index is 0.0469. The van der Waals surface area contributed by atoms with Crippen LogP contribution in [-0.2, 0) is 4.74 Å². The first-order chi connectivity index (χ1) is 11.0. The van der Waals surface area contributed by atoms with Gasteiger partial charge in [-0.2, -0.15) is 5.10 Å². The molecule has 1 N–H and O–H groups in total. The van der Waals surface area contributed by atoms with Gasteiger partial charge < -0.3 is 9.64 Å². The van der Waals surface area contributed by atoms with Gasteiger partial charge in [0, 0.05) is 44.1 Å². The number of likely N-dealkylation sites (N-methyl/N-ethyl adjacent to an activating group) is 1. The van der Waals surface area contributed by atoms with Crippen molar-refractivity contribution in [1.82, 2.24) is 20.0 Å². The van der Waals surface area contributed by atoms with Gasteiger partial charge in [-0.05, 0) is 38.3 Å². The lowest BCUT2D eigenvalue weighted by molar-refractivity contribution is -0.0158. The summed E-state index contributed by atoms with van der Waals surface area (Å²) in [6, 6.07) is 1.89. The van der Waals surface area contributed by atoms with E-state index in [1.54, 1.807) is 0 Å². The Morgan fingerprint density at radius 2 is 2.00 bits per heavy atom. The molecule has 0 aromatic carbocycles. The Labute approximate surface area is 138 Å². The normalized spacial score (nSPS) is 22.5. The Morgan fingerprint density at radius 3 is 2.65 bits per heavy atom. The van der Waals surface area contributed by atoms with E-state index >= 15 is 0 Å². The molecule has 6 nitrogen and oxygen atoms in total. The Hall–Kier alpha value is -1.40. The molecule has 1 amide bonds. The number of carbonyl (C=O) groups is 1. The fourth-order valence-corrected chi connectivity index (χ4v) is 3.64. The number of H-pyrrole nitrogens is 1. The summed E-state index contributed by atoms with van der Waals surface area (Å²) in [5, 5.41) is 7.20. The molecule has 1 aromatic rings. The van der Waals surface area contributed by atoms with Gasteiger partial charge in [-0.3, -0.25) is 14.8 Å². The fraction of sp³-hybridized carbons (Fsp3) is 0.765. The van der Waals surface area contributed by atoms with E-state index in [-0.39, 0.29) is 11.4 Å². The number of aromatic amines is 1. The zero-order valence-electron chi connectivity index (χ0n) is 14.5. The molecule has 6 heteroatoms. The van der Waals surface area contributed by atoms with Gasteiger partial charge >= 0.3 is 0 Å². The van der Waals surface area contributed by atoms with Crippen LogP contribution in [0.25, 0.3) is 0 Å². The van der Waals surface area contributed by atoms with E-state index in [1.165, 1.54) is 0 Å². The van der Waals surface area contributed by atoms with Crippen LogP contribution >= 0.6 is 0 Å². The van der Waals surface area contributed by atoms with Crippen LogP contribution in [0.2, 0.25) is 0 Å². The number of nitrogens with zero attached hydrogens (tertiary/aromatic N) is 3. The van der Waals surface area contributed by atoms with E-state index in [9.17, 15) is 4.79 Å². The van der Waals surface area contributed by atoms with Crippen LogP contribution in [0.3, 0.4) is 0 Å². The van der Waals surface area contributed by atoms with E-state index < -0.39 is 0 Å². The number of hydrogen-bond acceptors (Lipinski definition) is 4. The van der Waals surface area contributed by atoms with E-state index in [1.807, 2.05) is 11.0 Å². The van der Waals surface area contributed by atoms with Gasteiger partial charge in [0.1, 0.15) is 5.69 Å². The number of ether oxygens (including phenoxy) is 1. The highest BCUT2D eigenvalue weighted by Gasteiger charge is 2.39. The van der Waals surface area contributed by atoms with E-state index in [0.717, 1.165) is 57.8 Å². The van der Waals surface area contributed by atoms with Crippen LogP contribution in [0.15, 0.2) is 6.07 Å². The second-order valence-corrected chi connectivity index (χ2v) is 7.16. The second kappa shape index (κ2) is 6.61. The second-order valence-electron chi connectivity index (χ2n) is 7.16. The molecule has 0 unspecified atom stereocenters. The monoisotopic (exact) mass is 320 g/mol. The molecule has 2 aliphatic rings. The van der Waals surface area contributed by atoms with Gasteiger partial charge in [0.05, 0.1) is 0 Å². The first-order valence-electron chi connectivity index (χ1n) is 8.65. The maximum atomic E-state index is 12.8. The zero-order valence-corrected chi connectivity index (χ0v) is 14.5. The molecule has 0 saturated carbocycles. The Morgan fingerprint density at radius 1 is 1.26 bits per heavy atom. The molecule has 0 bridgehead atoms. The van der Waals surface area contributed by atoms with Gasteiger partial charge in [0.25, 0.3) is 5.91 Å². The Kier molecular flexibility index (Phi) is 4.73. The Balaban J connectivity index is 1.70. The predicted molar refractivity (Wildman–Crippen MR) is 88.6 cm³/mol. The summed E-state index contributed by atoms with van der Waals surface area (Å²) in [7, 11) is 2.19. The topological polar surface area (TPSA) is 61.5 Å². The van der Waals surface area contributed by atoms with Crippen molar-refractivity contribution in [1.29, 1.82) is 0 Å². The highest BCUT2D eigenvalue weighted by molar-refractivity contribution is 5.92. The van der Waals surface area contributed by atoms with Gasteiger partial charge in [-0.1, -0.05) is 13.8 Å².